The van der Waals surface area contributed by atoms with Gasteiger partial charge < -0.3 is 9.64 Å². The fourth-order valence-electron chi connectivity index (χ4n) is 2.07. The highest BCUT2D eigenvalue weighted by atomic mass is 16.5. The van der Waals surface area contributed by atoms with Gasteiger partial charge in [-0.05, 0) is 37.5 Å². The Kier molecular flexibility index (Phi) is 3.13. The third kappa shape index (κ3) is 2.03. The van der Waals surface area contributed by atoms with Crippen LogP contribution in [0.2, 0.25) is 0 Å². The van der Waals surface area contributed by atoms with Gasteiger partial charge in [0.05, 0.1) is 12.7 Å². The molecule has 0 bridgehead atoms. The summed E-state index contributed by atoms with van der Waals surface area (Å²) in [7, 11) is 1.61. The van der Waals surface area contributed by atoms with Gasteiger partial charge in [0, 0.05) is 13.1 Å². The highest BCUT2D eigenvalue weighted by Crippen LogP contribution is 2.23. The van der Waals surface area contributed by atoms with Crippen LogP contribution in [-0.2, 0) is 0 Å². The van der Waals surface area contributed by atoms with E-state index < -0.39 is 0 Å². The zero-order chi connectivity index (χ0) is 11.5. The van der Waals surface area contributed by atoms with E-state index in [1.807, 2.05) is 30.0 Å². The molecular formula is C13H17NO2. The van der Waals surface area contributed by atoms with Gasteiger partial charge in [-0.1, -0.05) is 6.07 Å². The minimum Gasteiger partial charge on any atom is -0.496 e. The molecule has 1 aromatic carbocycles. The number of aryl methyl sites for hydroxylation is 1. The van der Waals surface area contributed by atoms with Gasteiger partial charge in [0.2, 0.25) is 0 Å². The number of carbonyl (C=O) groups is 1. The van der Waals surface area contributed by atoms with E-state index in [0.717, 1.165) is 31.5 Å². The van der Waals surface area contributed by atoms with Gasteiger partial charge in [0.25, 0.3) is 5.91 Å². The minimum atomic E-state index is 0.0920. The lowest BCUT2D eigenvalue weighted by atomic mass is 10.1. The summed E-state index contributed by atoms with van der Waals surface area (Å²) in [4.78, 5) is 14.1. The summed E-state index contributed by atoms with van der Waals surface area (Å²) in [6.45, 7) is 3.73. The summed E-state index contributed by atoms with van der Waals surface area (Å²) in [6.07, 6.45) is 2.22. The van der Waals surface area contributed by atoms with E-state index in [4.69, 9.17) is 4.74 Å². The van der Waals surface area contributed by atoms with Crippen molar-refractivity contribution in [3.63, 3.8) is 0 Å². The maximum atomic E-state index is 12.2. The number of likely N-dealkylation sites (tertiary alicyclic amines) is 1. The normalized spacial score (nSPS) is 15.2. The van der Waals surface area contributed by atoms with Crippen molar-refractivity contribution in [2.45, 2.75) is 19.8 Å². The third-order valence-electron chi connectivity index (χ3n) is 2.98. The monoisotopic (exact) mass is 219 g/mol. The molecule has 0 atom stereocenters. The molecule has 16 heavy (non-hydrogen) atoms. The zero-order valence-electron chi connectivity index (χ0n) is 9.82. The zero-order valence-corrected chi connectivity index (χ0v) is 9.82. The van der Waals surface area contributed by atoms with Crippen molar-refractivity contribution in [2.24, 2.45) is 0 Å². The van der Waals surface area contributed by atoms with Crippen molar-refractivity contribution in [1.82, 2.24) is 4.90 Å². The molecule has 0 N–H and O–H groups in total. The van der Waals surface area contributed by atoms with Crippen LogP contribution in [0.25, 0.3) is 0 Å². The van der Waals surface area contributed by atoms with Gasteiger partial charge in [-0.2, -0.15) is 0 Å². The van der Waals surface area contributed by atoms with E-state index in [-0.39, 0.29) is 5.91 Å². The predicted octanol–water partition coefficient (Wildman–Crippen LogP) is 2.24. The Bertz CT molecular complexity index is 395. The summed E-state index contributed by atoms with van der Waals surface area (Å²) in [5, 5.41) is 0. The second kappa shape index (κ2) is 4.56. The lowest BCUT2D eigenvalue weighted by Gasteiger charge is -2.17. The second-order valence-electron chi connectivity index (χ2n) is 4.20. The molecule has 0 saturated carbocycles. The van der Waals surface area contributed by atoms with Gasteiger partial charge in [0.1, 0.15) is 5.75 Å². The van der Waals surface area contributed by atoms with Gasteiger partial charge in [0.15, 0.2) is 0 Å². The van der Waals surface area contributed by atoms with Crippen LogP contribution in [0.1, 0.15) is 28.8 Å². The summed E-state index contributed by atoms with van der Waals surface area (Å²) in [6, 6.07) is 5.71. The Hall–Kier alpha value is -1.51. The van der Waals surface area contributed by atoms with E-state index in [2.05, 4.69) is 0 Å². The lowest BCUT2D eigenvalue weighted by molar-refractivity contribution is 0.0789. The third-order valence-corrected chi connectivity index (χ3v) is 2.98. The smallest absolute Gasteiger partial charge is 0.257 e. The number of hydrogen-bond donors (Lipinski definition) is 0. The van der Waals surface area contributed by atoms with Crippen LogP contribution in [0.4, 0.5) is 0 Å². The molecule has 3 heteroatoms. The number of ether oxygens (including phenoxy) is 1. The van der Waals surface area contributed by atoms with Crippen molar-refractivity contribution in [3.8, 4) is 5.75 Å². The number of benzene rings is 1. The molecule has 0 unspecified atom stereocenters. The van der Waals surface area contributed by atoms with Gasteiger partial charge >= 0.3 is 0 Å². The molecule has 0 spiro atoms. The molecule has 1 fully saturated rings. The van der Waals surface area contributed by atoms with E-state index in [1.54, 1.807) is 7.11 Å². The number of amides is 1. The fourth-order valence-corrected chi connectivity index (χ4v) is 2.07. The Morgan fingerprint density at radius 3 is 2.62 bits per heavy atom. The first-order valence-electron chi connectivity index (χ1n) is 5.66. The fraction of sp³-hybridized carbons (Fsp3) is 0.462. The second-order valence-corrected chi connectivity index (χ2v) is 4.20. The van der Waals surface area contributed by atoms with Gasteiger partial charge in [-0.3, -0.25) is 4.79 Å². The molecule has 2 rings (SSSR count). The van der Waals surface area contributed by atoms with Crippen molar-refractivity contribution in [3.05, 3.63) is 29.3 Å². The van der Waals surface area contributed by atoms with Crippen molar-refractivity contribution < 1.29 is 9.53 Å². The molecule has 0 radical (unpaired) electrons. The summed E-state index contributed by atoms with van der Waals surface area (Å²) >= 11 is 0. The maximum Gasteiger partial charge on any atom is 0.257 e. The van der Waals surface area contributed by atoms with Crippen molar-refractivity contribution >= 4 is 5.91 Å². The Morgan fingerprint density at radius 2 is 2.00 bits per heavy atom. The Labute approximate surface area is 96.0 Å². The molecule has 3 nitrogen and oxygen atoms in total. The average molecular weight is 219 g/mol. The van der Waals surface area contributed by atoms with Crippen molar-refractivity contribution in [1.29, 1.82) is 0 Å². The van der Waals surface area contributed by atoms with E-state index in [0.29, 0.717) is 11.3 Å². The molecule has 1 saturated heterocycles. The molecule has 1 aliphatic rings. The summed E-state index contributed by atoms with van der Waals surface area (Å²) in [5.74, 6) is 0.770. The predicted molar refractivity (Wildman–Crippen MR) is 62.9 cm³/mol. The van der Waals surface area contributed by atoms with Crippen LogP contribution in [0.15, 0.2) is 18.2 Å². The molecule has 1 amide bonds. The number of rotatable bonds is 2. The van der Waals surface area contributed by atoms with Crippen LogP contribution in [-0.4, -0.2) is 31.0 Å². The minimum absolute atomic E-state index is 0.0920. The van der Waals surface area contributed by atoms with Crippen LogP contribution >= 0.6 is 0 Å². The van der Waals surface area contributed by atoms with Crippen LogP contribution < -0.4 is 4.74 Å². The number of methoxy groups -OCH3 is 1. The van der Waals surface area contributed by atoms with Crippen molar-refractivity contribution in [2.75, 3.05) is 20.2 Å². The van der Waals surface area contributed by atoms with E-state index >= 15 is 0 Å². The quantitative estimate of drug-likeness (QED) is 0.763. The molecule has 1 heterocycles. The molecule has 1 aromatic rings. The Balaban J connectivity index is 2.28. The SMILES string of the molecule is COc1cc(C)ccc1C(=O)N1CCCC1. The van der Waals surface area contributed by atoms with Crippen LogP contribution in [0.3, 0.4) is 0 Å². The van der Waals surface area contributed by atoms with Crippen LogP contribution in [0, 0.1) is 6.92 Å². The maximum absolute atomic E-state index is 12.2. The average Bonchev–Trinajstić information content (AvgIpc) is 2.81. The Morgan fingerprint density at radius 1 is 1.31 bits per heavy atom. The molecule has 0 aromatic heterocycles. The number of hydrogen-bond acceptors (Lipinski definition) is 2. The number of carbonyl (C=O) groups excluding carboxylic acids is 1. The largest absolute Gasteiger partial charge is 0.496 e. The molecule has 1 aliphatic heterocycles. The molecule has 86 valence electrons. The standard InChI is InChI=1S/C13H17NO2/c1-10-5-6-11(12(9-10)16-2)13(15)14-7-3-4-8-14/h5-6,9H,3-4,7-8H2,1-2H3. The van der Waals surface area contributed by atoms with Gasteiger partial charge in [-0.25, -0.2) is 0 Å². The molecular weight excluding hydrogens is 202 g/mol. The topological polar surface area (TPSA) is 29.5 Å². The van der Waals surface area contributed by atoms with E-state index in [9.17, 15) is 4.79 Å². The van der Waals surface area contributed by atoms with Gasteiger partial charge in [-0.15, -0.1) is 0 Å². The first-order valence-corrected chi connectivity index (χ1v) is 5.66. The first-order chi connectivity index (χ1) is 7.72. The lowest BCUT2D eigenvalue weighted by Crippen LogP contribution is -2.27. The summed E-state index contributed by atoms with van der Waals surface area (Å²) < 4.78 is 5.26. The van der Waals surface area contributed by atoms with E-state index in [1.165, 1.54) is 0 Å². The highest BCUT2D eigenvalue weighted by molar-refractivity contribution is 5.97. The summed E-state index contributed by atoms with van der Waals surface area (Å²) in [5.41, 5.74) is 1.78. The number of nitrogens with zero attached hydrogens (tertiary/aromatic N) is 1. The van der Waals surface area contributed by atoms with Crippen LogP contribution in [0.5, 0.6) is 5.75 Å². The first kappa shape index (κ1) is 11.0. The molecule has 0 aliphatic carbocycles. The highest BCUT2D eigenvalue weighted by Gasteiger charge is 2.22.